The average molecular weight is 418 g/mol. The predicted octanol–water partition coefficient (Wildman–Crippen LogP) is 0.617. The molecule has 4 rings (SSSR count). The highest BCUT2D eigenvalue weighted by Crippen LogP contribution is 2.35. The molecule has 0 saturated heterocycles. The van der Waals surface area contributed by atoms with Gasteiger partial charge in [-0.1, -0.05) is 0 Å². The molecule has 2 N–H and O–H groups in total. The van der Waals surface area contributed by atoms with Crippen molar-refractivity contribution in [1.29, 1.82) is 0 Å². The van der Waals surface area contributed by atoms with Crippen LogP contribution in [-0.4, -0.2) is 54.9 Å². The molecule has 1 atom stereocenters. The molecule has 142 valence electrons. The van der Waals surface area contributed by atoms with E-state index < -0.39 is 10.0 Å². The lowest BCUT2D eigenvalue weighted by Crippen LogP contribution is -2.43. The number of fused-ring (bicyclic) bond motifs is 2. The Morgan fingerprint density at radius 2 is 2.23 bits per heavy atom. The second-order valence-corrected chi connectivity index (χ2v) is 9.16. The summed E-state index contributed by atoms with van der Waals surface area (Å²) in [5.41, 5.74) is 0.381. The first-order chi connectivity index (χ1) is 12.0. The van der Waals surface area contributed by atoms with Gasteiger partial charge in [0.1, 0.15) is 11.5 Å². The van der Waals surface area contributed by atoms with Crippen molar-refractivity contribution in [3.63, 3.8) is 0 Å². The Labute approximate surface area is 162 Å². The van der Waals surface area contributed by atoms with Gasteiger partial charge < -0.3 is 15.2 Å². The number of sulfonamides is 1. The minimum Gasteiger partial charge on any atom is -0.342 e. The number of aromatic nitrogens is 2. The van der Waals surface area contributed by atoms with Gasteiger partial charge in [-0.25, -0.2) is 13.4 Å². The molecular weight excluding hydrogens is 398 g/mol. The molecule has 0 spiro atoms. The van der Waals surface area contributed by atoms with Crippen molar-refractivity contribution in [3.05, 3.63) is 34.0 Å². The minimum absolute atomic E-state index is 0. The van der Waals surface area contributed by atoms with Crippen LogP contribution in [0.25, 0.3) is 0 Å². The first-order valence-electron chi connectivity index (χ1n) is 8.08. The summed E-state index contributed by atoms with van der Waals surface area (Å²) in [6.07, 6.45) is 2.56. The molecule has 0 fully saturated rings. The molecule has 4 heterocycles. The molecule has 1 amide bonds. The Hall–Kier alpha value is -1.46. The lowest BCUT2D eigenvalue weighted by Gasteiger charge is -2.29. The highest BCUT2D eigenvalue weighted by atomic mass is 35.5. The number of thiophene rings is 1. The van der Waals surface area contributed by atoms with E-state index in [2.05, 4.69) is 15.6 Å². The van der Waals surface area contributed by atoms with Gasteiger partial charge in [0, 0.05) is 50.7 Å². The van der Waals surface area contributed by atoms with Gasteiger partial charge in [-0.15, -0.1) is 23.7 Å². The second kappa shape index (κ2) is 7.28. The molecule has 0 saturated carbocycles. The van der Waals surface area contributed by atoms with Crippen molar-refractivity contribution in [2.45, 2.75) is 23.9 Å². The minimum atomic E-state index is -3.45. The largest absolute Gasteiger partial charge is 0.342 e. The van der Waals surface area contributed by atoms with Crippen LogP contribution in [0.1, 0.15) is 27.2 Å². The van der Waals surface area contributed by atoms with Crippen LogP contribution in [0.4, 0.5) is 0 Å². The Balaban J connectivity index is 0.00000196. The number of hydrogen-bond donors (Lipinski definition) is 2. The molecule has 26 heavy (non-hydrogen) atoms. The summed E-state index contributed by atoms with van der Waals surface area (Å²) in [5.74, 6) is 0.626. The normalized spacial score (nSPS) is 21.8. The van der Waals surface area contributed by atoms with E-state index in [-0.39, 0.29) is 35.8 Å². The summed E-state index contributed by atoms with van der Waals surface area (Å²) >= 11 is 1.35. The number of nitrogens with one attached hydrogen (secondary N) is 2. The number of imidazole rings is 1. The molecule has 11 heteroatoms. The molecule has 0 aromatic carbocycles. The van der Waals surface area contributed by atoms with Crippen LogP contribution >= 0.6 is 23.7 Å². The van der Waals surface area contributed by atoms with Gasteiger partial charge in [-0.3, -0.25) is 4.79 Å². The number of nitrogens with zero attached hydrogens (tertiary/aromatic N) is 3. The summed E-state index contributed by atoms with van der Waals surface area (Å²) in [7, 11) is -1.92. The Morgan fingerprint density at radius 1 is 1.42 bits per heavy atom. The lowest BCUT2D eigenvalue weighted by atomic mass is 10.2. The van der Waals surface area contributed by atoms with Crippen molar-refractivity contribution < 1.29 is 13.2 Å². The Kier molecular flexibility index (Phi) is 5.40. The standard InChI is InChI=1S/C15H19N5O3S2.ClH/c1-19-8-10(14-12(3-7-24-14)25(19,22)23)18-15(21)11-9-20-6-5-16-4-2-13(20)17-11;/h3,7,9-10,16H,2,4-6,8H2,1H3,(H,18,21);1H. The number of hydrogen-bond acceptors (Lipinski definition) is 6. The van der Waals surface area contributed by atoms with Gasteiger partial charge in [-0.2, -0.15) is 4.31 Å². The SMILES string of the molecule is CN1CC(NC(=O)c2cn3c(n2)CCNCC3)c2sccc2S1(=O)=O.Cl. The smallest absolute Gasteiger partial charge is 0.272 e. The van der Waals surface area contributed by atoms with Gasteiger partial charge in [0.05, 0.1) is 10.9 Å². The van der Waals surface area contributed by atoms with Crippen molar-refractivity contribution in [3.8, 4) is 0 Å². The number of rotatable bonds is 2. The van der Waals surface area contributed by atoms with E-state index >= 15 is 0 Å². The summed E-state index contributed by atoms with van der Waals surface area (Å²) in [6.45, 7) is 2.71. The van der Waals surface area contributed by atoms with Gasteiger partial charge in [0.15, 0.2) is 0 Å². The molecular formula is C15H20ClN5O3S2. The van der Waals surface area contributed by atoms with Crippen LogP contribution in [-0.2, 0) is 23.0 Å². The molecule has 0 radical (unpaired) electrons. The molecule has 1 unspecified atom stereocenters. The summed E-state index contributed by atoms with van der Waals surface area (Å²) in [4.78, 5) is 18.1. The maximum Gasteiger partial charge on any atom is 0.272 e. The summed E-state index contributed by atoms with van der Waals surface area (Å²) in [5, 5.41) is 7.98. The zero-order chi connectivity index (χ0) is 17.6. The third-order valence-corrected chi connectivity index (χ3v) is 7.59. The third kappa shape index (κ3) is 3.27. The van der Waals surface area contributed by atoms with E-state index in [1.807, 2.05) is 4.57 Å². The van der Waals surface area contributed by atoms with Gasteiger partial charge in [-0.05, 0) is 11.4 Å². The number of carbonyl (C=O) groups is 1. The monoisotopic (exact) mass is 417 g/mol. The fraction of sp³-hybridized carbons (Fsp3) is 0.467. The van der Waals surface area contributed by atoms with Gasteiger partial charge in [0.25, 0.3) is 5.91 Å². The first-order valence-corrected chi connectivity index (χ1v) is 10.4. The van der Waals surface area contributed by atoms with Gasteiger partial charge >= 0.3 is 0 Å². The van der Waals surface area contributed by atoms with E-state index in [9.17, 15) is 13.2 Å². The fourth-order valence-electron chi connectivity index (χ4n) is 3.21. The van der Waals surface area contributed by atoms with Crippen LogP contribution < -0.4 is 10.6 Å². The number of carbonyl (C=O) groups excluding carboxylic acids is 1. The van der Waals surface area contributed by atoms with Crippen molar-refractivity contribution >= 4 is 39.7 Å². The quantitative estimate of drug-likeness (QED) is 0.746. The molecule has 2 aliphatic heterocycles. The zero-order valence-electron chi connectivity index (χ0n) is 14.1. The van der Waals surface area contributed by atoms with Crippen LogP contribution in [0.2, 0.25) is 0 Å². The third-order valence-electron chi connectivity index (χ3n) is 4.55. The van der Waals surface area contributed by atoms with Crippen molar-refractivity contribution in [1.82, 2.24) is 24.5 Å². The topological polar surface area (TPSA) is 96.3 Å². The number of amides is 1. The Morgan fingerprint density at radius 3 is 3.04 bits per heavy atom. The summed E-state index contributed by atoms with van der Waals surface area (Å²) < 4.78 is 27.9. The predicted molar refractivity (Wildman–Crippen MR) is 100 cm³/mol. The van der Waals surface area contributed by atoms with E-state index in [1.54, 1.807) is 17.6 Å². The zero-order valence-corrected chi connectivity index (χ0v) is 16.6. The maximum atomic E-state index is 12.7. The molecule has 2 aromatic rings. The number of likely N-dealkylation sites (N-methyl/N-ethyl adjacent to an activating group) is 1. The summed E-state index contributed by atoms with van der Waals surface area (Å²) in [6, 6.07) is 1.23. The highest BCUT2D eigenvalue weighted by molar-refractivity contribution is 7.89. The molecule has 2 aliphatic rings. The first kappa shape index (κ1) is 19.3. The molecule has 8 nitrogen and oxygen atoms in total. The lowest BCUT2D eigenvalue weighted by molar-refractivity contribution is 0.0927. The molecule has 0 bridgehead atoms. The van der Waals surface area contributed by atoms with Crippen LogP contribution in [0.3, 0.4) is 0 Å². The van der Waals surface area contributed by atoms with E-state index in [0.29, 0.717) is 10.6 Å². The highest BCUT2D eigenvalue weighted by Gasteiger charge is 2.36. The average Bonchev–Trinajstić information content (AvgIpc) is 3.16. The second-order valence-electron chi connectivity index (χ2n) is 6.20. The van der Waals surface area contributed by atoms with Crippen LogP contribution in [0.15, 0.2) is 22.5 Å². The van der Waals surface area contributed by atoms with E-state index in [4.69, 9.17) is 0 Å². The van der Waals surface area contributed by atoms with Gasteiger partial charge in [0.2, 0.25) is 10.0 Å². The van der Waals surface area contributed by atoms with Crippen molar-refractivity contribution in [2.24, 2.45) is 0 Å². The number of halogens is 1. The van der Waals surface area contributed by atoms with E-state index in [0.717, 1.165) is 31.9 Å². The molecule has 0 aliphatic carbocycles. The maximum absolute atomic E-state index is 12.7. The molecule has 2 aromatic heterocycles. The van der Waals surface area contributed by atoms with E-state index in [1.165, 1.54) is 22.7 Å². The van der Waals surface area contributed by atoms with Crippen LogP contribution in [0.5, 0.6) is 0 Å². The fourth-order valence-corrected chi connectivity index (χ4v) is 5.90. The Bertz CT molecular complexity index is 900. The van der Waals surface area contributed by atoms with Crippen molar-refractivity contribution in [2.75, 3.05) is 26.7 Å². The van der Waals surface area contributed by atoms with Crippen LogP contribution in [0, 0.1) is 0 Å².